The topological polar surface area (TPSA) is 218 Å². The van der Waals surface area contributed by atoms with Gasteiger partial charge in [-0.1, -0.05) is 18.2 Å². The highest BCUT2D eigenvalue weighted by atomic mass is 16.4. The lowest BCUT2D eigenvalue weighted by atomic mass is 10.0. The smallest absolute Gasteiger partial charge is 0.326 e. The summed E-state index contributed by atoms with van der Waals surface area (Å²) in [4.78, 5) is 61.2. The third-order valence-electron chi connectivity index (χ3n) is 4.48. The van der Waals surface area contributed by atoms with Crippen LogP contribution in [-0.2, 0) is 30.4 Å². The fourth-order valence-corrected chi connectivity index (χ4v) is 2.97. The normalized spacial score (nSPS) is 13.7. The highest BCUT2D eigenvalue weighted by Gasteiger charge is 2.30. The SMILES string of the molecule is NC(=O)C[C@H](NC(=O)[C@H](CC(=O)O)NC(=O)[C@@H](N)Cc1c[nH]c2ccccc12)C(=O)O. The summed E-state index contributed by atoms with van der Waals surface area (Å²) in [7, 11) is 0. The van der Waals surface area contributed by atoms with Crippen LogP contribution in [0.5, 0.6) is 0 Å². The van der Waals surface area contributed by atoms with Gasteiger partial charge in [-0.2, -0.15) is 0 Å². The lowest BCUT2D eigenvalue weighted by Crippen LogP contribution is -2.55. The van der Waals surface area contributed by atoms with E-state index in [0.717, 1.165) is 16.5 Å². The molecular formula is C19H23N5O7. The Morgan fingerprint density at radius 1 is 0.968 bits per heavy atom. The first-order chi connectivity index (χ1) is 14.6. The Bertz CT molecular complexity index is 1000. The molecule has 2 aromatic rings. The molecule has 2 rings (SSSR count). The molecule has 1 heterocycles. The van der Waals surface area contributed by atoms with Gasteiger partial charge in [-0.05, 0) is 18.1 Å². The van der Waals surface area contributed by atoms with Crippen molar-refractivity contribution in [2.75, 3.05) is 0 Å². The Morgan fingerprint density at radius 2 is 1.61 bits per heavy atom. The number of hydrogen-bond donors (Lipinski definition) is 7. The number of aromatic nitrogens is 1. The lowest BCUT2D eigenvalue weighted by molar-refractivity contribution is -0.144. The van der Waals surface area contributed by atoms with Crippen LogP contribution in [0.3, 0.4) is 0 Å². The first-order valence-electron chi connectivity index (χ1n) is 9.22. The maximum absolute atomic E-state index is 12.5. The predicted octanol–water partition coefficient (Wildman–Crippen LogP) is -1.56. The number of carbonyl (C=O) groups is 5. The molecule has 0 fully saturated rings. The molecule has 31 heavy (non-hydrogen) atoms. The largest absolute Gasteiger partial charge is 0.481 e. The highest BCUT2D eigenvalue weighted by Crippen LogP contribution is 2.18. The summed E-state index contributed by atoms with van der Waals surface area (Å²) in [6.45, 7) is 0. The number of hydrogen-bond acceptors (Lipinski definition) is 6. The van der Waals surface area contributed by atoms with Crippen molar-refractivity contribution < 1.29 is 34.2 Å². The second-order valence-corrected chi connectivity index (χ2v) is 6.90. The Hall–Kier alpha value is -3.93. The molecule has 166 valence electrons. The molecule has 0 aliphatic carbocycles. The quantitative estimate of drug-likeness (QED) is 0.219. The predicted molar refractivity (Wildman–Crippen MR) is 108 cm³/mol. The van der Waals surface area contributed by atoms with Crippen LogP contribution in [0.15, 0.2) is 30.5 Å². The molecule has 0 saturated heterocycles. The summed E-state index contributed by atoms with van der Waals surface area (Å²) < 4.78 is 0. The van der Waals surface area contributed by atoms with Crippen molar-refractivity contribution in [1.29, 1.82) is 0 Å². The fraction of sp³-hybridized carbons (Fsp3) is 0.316. The molecule has 0 unspecified atom stereocenters. The number of H-pyrrole nitrogens is 1. The molecule has 0 aliphatic heterocycles. The van der Waals surface area contributed by atoms with E-state index in [0.29, 0.717) is 0 Å². The number of nitrogens with two attached hydrogens (primary N) is 2. The van der Waals surface area contributed by atoms with Crippen LogP contribution in [0.1, 0.15) is 18.4 Å². The van der Waals surface area contributed by atoms with Crippen molar-refractivity contribution in [3.8, 4) is 0 Å². The maximum Gasteiger partial charge on any atom is 0.326 e. The van der Waals surface area contributed by atoms with Gasteiger partial charge in [-0.15, -0.1) is 0 Å². The standard InChI is InChI=1S/C19H23N5O7/c20-11(5-9-8-22-12-4-2-1-3-10(9)12)17(28)23-13(7-16(26)27)18(29)24-14(19(30)31)6-15(21)25/h1-4,8,11,13-14,22H,5-7,20H2,(H2,21,25)(H,23,28)(H,24,29)(H,26,27)(H,30,31)/t11-,13-,14-/m0/s1. The molecule has 12 heteroatoms. The van der Waals surface area contributed by atoms with E-state index in [4.69, 9.17) is 21.7 Å². The van der Waals surface area contributed by atoms with Crippen molar-refractivity contribution in [3.05, 3.63) is 36.0 Å². The molecule has 1 aromatic carbocycles. The number of aromatic amines is 1. The maximum atomic E-state index is 12.5. The summed E-state index contributed by atoms with van der Waals surface area (Å²) in [5.74, 6) is -5.82. The lowest BCUT2D eigenvalue weighted by Gasteiger charge is -2.21. The molecule has 0 aliphatic rings. The average molecular weight is 433 g/mol. The molecule has 0 spiro atoms. The van der Waals surface area contributed by atoms with Gasteiger partial charge in [0, 0.05) is 17.1 Å². The number of rotatable bonds is 11. The van der Waals surface area contributed by atoms with Gasteiger partial charge in [-0.25, -0.2) is 4.79 Å². The Kier molecular flexibility index (Phi) is 7.69. The van der Waals surface area contributed by atoms with Crippen LogP contribution in [0, 0.1) is 0 Å². The van der Waals surface area contributed by atoms with E-state index in [2.05, 4.69) is 10.3 Å². The number of fused-ring (bicyclic) bond motifs is 1. The van der Waals surface area contributed by atoms with Crippen LogP contribution >= 0.6 is 0 Å². The minimum atomic E-state index is -1.67. The Balaban J connectivity index is 2.08. The van der Waals surface area contributed by atoms with E-state index in [-0.39, 0.29) is 6.42 Å². The van der Waals surface area contributed by atoms with Gasteiger partial charge in [-0.3, -0.25) is 19.2 Å². The second-order valence-electron chi connectivity index (χ2n) is 6.90. The minimum Gasteiger partial charge on any atom is -0.481 e. The minimum absolute atomic E-state index is 0.108. The molecule has 3 amide bonds. The van der Waals surface area contributed by atoms with E-state index < -0.39 is 60.6 Å². The van der Waals surface area contributed by atoms with Gasteiger partial charge >= 0.3 is 11.9 Å². The summed E-state index contributed by atoms with van der Waals surface area (Å²) in [6.07, 6.45) is 0.284. The van der Waals surface area contributed by atoms with Crippen LogP contribution in [-0.4, -0.2) is 63.0 Å². The molecule has 0 saturated carbocycles. The van der Waals surface area contributed by atoms with Crippen molar-refractivity contribution in [1.82, 2.24) is 15.6 Å². The number of para-hydroxylation sites is 1. The van der Waals surface area contributed by atoms with E-state index in [1.54, 1.807) is 6.20 Å². The van der Waals surface area contributed by atoms with Crippen LogP contribution in [0.4, 0.5) is 0 Å². The fourth-order valence-electron chi connectivity index (χ4n) is 2.97. The monoisotopic (exact) mass is 433 g/mol. The zero-order valence-corrected chi connectivity index (χ0v) is 16.3. The van der Waals surface area contributed by atoms with Gasteiger partial charge in [0.05, 0.1) is 18.9 Å². The van der Waals surface area contributed by atoms with Crippen LogP contribution in [0.2, 0.25) is 0 Å². The number of carboxylic acid groups (broad SMARTS) is 2. The number of aliphatic carboxylic acids is 2. The molecule has 9 N–H and O–H groups in total. The summed E-state index contributed by atoms with van der Waals surface area (Å²) >= 11 is 0. The van der Waals surface area contributed by atoms with Crippen molar-refractivity contribution in [2.45, 2.75) is 37.4 Å². The number of benzene rings is 1. The van der Waals surface area contributed by atoms with Crippen molar-refractivity contribution in [3.63, 3.8) is 0 Å². The van der Waals surface area contributed by atoms with E-state index in [9.17, 15) is 24.0 Å². The Labute approximate surface area is 176 Å². The van der Waals surface area contributed by atoms with Crippen LogP contribution in [0.25, 0.3) is 10.9 Å². The average Bonchev–Trinajstić information content (AvgIpc) is 3.09. The summed E-state index contributed by atoms with van der Waals surface area (Å²) in [5.41, 5.74) is 12.5. The van der Waals surface area contributed by atoms with Gasteiger partial charge in [0.15, 0.2) is 0 Å². The molecular weight excluding hydrogens is 410 g/mol. The number of carbonyl (C=O) groups excluding carboxylic acids is 3. The Morgan fingerprint density at radius 3 is 2.23 bits per heavy atom. The number of amides is 3. The zero-order valence-electron chi connectivity index (χ0n) is 16.3. The van der Waals surface area contributed by atoms with Gasteiger partial charge < -0.3 is 37.3 Å². The molecule has 0 bridgehead atoms. The molecule has 1 aromatic heterocycles. The first kappa shape index (κ1) is 23.3. The van der Waals surface area contributed by atoms with Crippen molar-refractivity contribution in [2.24, 2.45) is 11.5 Å². The van der Waals surface area contributed by atoms with Gasteiger partial charge in [0.25, 0.3) is 0 Å². The third-order valence-corrected chi connectivity index (χ3v) is 4.48. The first-order valence-corrected chi connectivity index (χ1v) is 9.22. The third kappa shape index (κ3) is 6.54. The second kappa shape index (κ2) is 10.2. The molecule has 12 nitrogen and oxygen atoms in total. The van der Waals surface area contributed by atoms with Gasteiger partial charge in [0.1, 0.15) is 12.1 Å². The van der Waals surface area contributed by atoms with Gasteiger partial charge in [0.2, 0.25) is 17.7 Å². The number of nitrogens with one attached hydrogen (secondary N) is 3. The number of primary amides is 1. The number of carboxylic acids is 2. The zero-order chi connectivity index (χ0) is 23.1. The van der Waals surface area contributed by atoms with E-state index >= 15 is 0 Å². The van der Waals surface area contributed by atoms with Crippen LogP contribution < -0.4 is 22.1 Å². The van der Waals surface area contributed by atoms with E-state index in [1.807, 2.05) is 29.6 Å². The highest BCUT2D eigenvalue weighted by molar-refractivity contribution is 5.95. The molecule has 3 atom stereocenters. The summed E-state index contributed by atoms with van der Waals surface area (Å²) in [6, 6.07) is 2.98. The molecule has 0 radical (unpaired) electrons. The van der Waals surface area contributed by atoms with Crippen molar-refractivity contribution >= 4 is 40.6 Å². The summed E-state index contributed by atoms with van der Waals surface area (Å²) in [5, 5.41) is 23.2. The van der Waals surface area contributed by atoms with E-state index in [1.165, 1.54) is 0 Å².